The van der Waals surface area contributed by atoms with Gasteiger partial charge in [-0.2, -0.15) is 4.33 Å². The number of nitrogens with zero attached hydrogens (tertiary/aromatic N) is 2. The fourth-order valence-electron chi connectivity index (χ4n) is 4.84. The van der Waals surface area contributed by atoms with Gasteiger partial charge in [-0.25, -0.2) is 17.7 Å². The van der Waals surface area contributed by atoms with Gasteiger partial charge >= 0.3 is 0 Å². The number of rotatable bonds is 11. The van der Waals surface area contributed by atoms with E-state index in [0.29, 0.717) is 33.8 Å². The summed E-state index contributed by atoms with van der Waals surface area (Å²) in [4.78, 5) is 2.67. The number of benzene rings is 3. The Balaban J connectivity index is 2.11. The Hall–Kier alpha value is -2.93. The molecular formula is C28H33N3O6S2. The lowest BCUT2D eigenvalue weighted by Crippen LogP contribution is -2.29. The van der Waals surface area contributed by atoms with E-state index in [1.807, 2.05) is 36.4 Å². The van der Waals surface area contributed by atoms with Crippen LogP contribution in [-0.2, 0) is 19.4 Å². The number of hydrogen-bond acceptors (Lipinski definition) is 8. The monoisotopic (exact) mass is 571 g/mol. The molecule has 0 atom stereocenters. The second-order valence-electron chi connectivity index (χ2n) is 8.77. The fourth-order valence-corrected chi connectivity index (χ4v) is 6.21. The molecule has 0 spiro atoms. The Morgan fingerprint density at radius 2 is 1.69 bits per heavy atom. The third-order valence-electron chi connectivity index (χ3n) is 6.90. The Morgan fingerprint density at radius 1 is 0.974 bits per heavy atom. The van der Waals surface area contributed by atoms with Gasteiger partial charge in [-0.15, -0.1) is 0 Å². The lowest BCUT2D eigenvalue weighted by Gasteiger charge is -2.23. The third kappa shape index (κ3) is 5.84. The van der Waals surface area contributed by atoms with Crippen LogP contribution in [0.1, 0.15) is 27.7 Å². The molecule has 1 heterocycles. The minimum absolute atomic E-state index is 0.0348. The quantitative estimate of drug-likeness (QED) is 0.0947. The van der Waals surface area contributed by atoms with Crippen molar-refractivity contribution in [1.82, 2.24) is 9.30 Å². The molecule has 0 amide bonds. The van der Waals surface area contributed by atoms with Gasteiger partial charge in [0, 0.05) is 52.3 Å². The van der Waals surface area contributed by atoms with Crippen LogP contribution in [0.4, 0.5) is 5.69 Å². The third-order valence-corrected chi connectivity index (χ3v) is 8.95. The van der Waals surface area contributed by atoms with Gasteiger partial charge in [-0.05, 0) is 70.6 Å². The predicted octanol–water partition coefficient (Wildman–Crippen LogP) is 4.00. The van der Waals surface area contributed by atoms with Crippen LogP contribution in [-0.4, -0.2) is 41.6 Å². The zero-order valence-corrected chi connectivity index (χ0v) is 24.3. The topological polar surface area (TPSA) is 107 Å². The molecule has 0 unspecified atom stereocenters. The van der Waals surface area contributed by atoms with E-state index in [0.717, 1.165) is 53.7 Å². The normalized spacial score (nSPS) is 11.8. The Kier molecular flexibility index (Phi) is 9.31. The first kappa shape index (κ1) is 29.1. The van der Waals surface area contributed by atoms with E-state index in [9.17, 15) is 13.7 Å². The van der Waals surface area contributed by atoms with Crippen LogP contribution in [0.5, 0.6) is 0 Å². The van der Waals surface area contributed by atoms with Gasteiger partial charge in [0.1, 0.15) is 24.4 Å². The van der Waals surface area contributed by atoms with Gasteiger partial charge in [0.25, 0.3) is 0 Å². The smallest absolute Gasteiger partial charge is 0.240 e. The second kappa shape index (κ2) is 12.5. The molecule has 1 N–H and O–H groups in total. The van der Waals surface area contributed by atoms with Crippen molar-refractivity contribution in [2.75, 3.05) is 38.1 Å². The largest absolute Gasteiger partial charge is 0.691 e. The van der Waals surface area contributed by atoms with E-state index >= 15 is 0 Å². The zero-order chi connectivity index (χ0) is 28.2. The molecule has 39 heavy (non-hydrogen) atoms. The minimum atomic E-state index is -3.74. The highest BCUT2D eigenvalue weighted by molar-refractivity contribution is 7.94. The Morgan fingerprint density at radius 3 is 2.33 bits per heavy atom. The molecule has 4 rings (SSSR count). The summed E-state index contributed by atoms with van der Waals surface area (Å²) in [5.41, 5.74) is 4.05. The maximum atomic E-state index is 12.5. The molecule has 0 aromatic heterocycles. The summed E-state index contributed by atoms with van der Waals surface area (Å²) in [6.07, 6.45) is 0. The summed E-state index contributed by atoms with van der Waals surface area (Å²) >= 11 is 0.656. The van der Waals surface area contributed by atoms with Gasteiger partial charge in [0.2, 0.25) is 15.4 Å². The molecule has 0 saturated carbocycles. The first-order chi connectivity index (χ1) is 18.8. The van der Waals surface area contributed by atoms with Crippen LogP contribution in [0.25, 0.3) is 33.4 Å². The molecule has 0 radical (unpaired) electrons. The van der Waals surface area contributed by atoms with Crippen molar-refractivity contribution in [3.05, 3.63) is 60.0 Å². The van der Waals surface area contributed by atoms with Crippen molar-refractivity contribution in [2.24, 2.45) is 0 Å². The van der Waals surface area contributed by atoms with E-state index in [4.69, 9.17) is 4.42 Å². The van der Waals surface area contributed by atoms with E-state index in [2.05, 4.69) is 51.3 Å². The molecule has 9 nitrogen and oxygen atoms in total. The van der Waals surface area contributed by atoms with Gasteiger partial charge in [-0.1, -0.05) is 6.07 Å². The van der Waals surface area contributed by atoms with Crippen molar-refractivity contribution < 1.29 is 27.5 Å². The standard InChI is InChI=1S/C28H33N3O6S2/c1-6-30(7-2)19-10-13-22-25(16-19)35-26-17-20(31(8-3)9-4)11-14-23(26)28(22)24-15-12-21(39(33,34)29-5)18-27(24)38-37-36-32/h10-18,29H,6-9H2,1-5H3. The summed E-state index contributed by atoms with van der Waals surface area (Å²) in [7, 11) is -2.40. The SMILES string of the molecule is CCN(CC)c1ccc2c(-c3ccc(S(=O)(=O)NC)cc3SOO[O-])c3ccc(=[N+](CC)CC)cc-3oc2c1. The van der Waals surface area contributed by atoms with E-state index in [1.165, 1.54) is 19.2 Å². The van der Waals surface area contributed by atoms with Crippen molar-refractivity contribution in [3.63, 3.8) is 0 Å². The average Bonchev–Trinajstić information content (AvgIpc) is 2.96. The van der Waals surface area contributed by atoms with Crippen molar-refractivity contribution in [1.29, 1.82) is 0 Å². The maximum Gasteiger partial charge on any atom is 0.240 e. The Bertz CT molecular complexity index is 1610. The number of anilines is 1. The average molecular weight is 572 g/mol. The summed E-state index contributed by atoms with van der Waals surface area (Å²) in [6.45, 7) is 11.8. The van der Waals surface area contributed by atoms with Crippen LogP contribution in [0.3, 0.4) is 0 Å². The molecular weight excluding hydrogens is 538 g/mol. The van der Waals surface area contributed by atoms with Gasteiger partial charge in [0.15, 0.2) is 0 Å². The second-order valence-corrected chi connectivity index (χ2v) is 11.4. The number of sulfonamides is 1. The Labute approximate surface area is 233 Å². The summed E-state index contributed by atoms with van der Waals surface area (Å²) < 4.78 is 40.8. The predicted molar refractivity (Wildman–Crippen MR) is 152 cm³/mol. The van der Waals surface area contributed by atoms with E-state index < -0.39 is 10.0 Å². The van der Waals surface area contributed by atoms with Crippen molar-refractivity contribution in [2.45, 2.75) is 37.5 Å². The van der Waals surface area contributed by atoms with Crippen molar-refractivity contribution in [3.8, 4) is 22.5 Å². The van der Waals surface area contributed by atoms with Crippen LogP contribution >= 0.6 is 12.0 Å². The first-order valence-electron chi connectivity index (χ1n) is 12.9. The zero-order valence-electron chi connectivity index (χ0n) is 22.7. The molecule has 208 valence electrons. The lowest BCUT2D eigenvalue weighted by atomic mass is 9.93. The van der Waals surface area contributed by atoms with Gasteiger partial charge in [0.05, 0.1) is 23.0 Å². The molecule has 2 aromatic rings. The molecule has 0 bridgehead atoms. The van der Waals surface area contributed by atoms with Crippen LogP contribution < -0.4 is 24.8 Å². The van der Waals surface area contributed by atoms with Crippen LogP contribution in [0, 0.1) is 0 Å². The summed E-state index contributed by atoms with van der Waals surface area (Å²) in [5, 5.41) is 16.2. The highest BCUT2D eigenvalue weighted by atomic mass is 32.2. The number of nitrogens with one attached hydrogen (secondary N) is 1. The highest BCUT2D eigenvalue weighted by Gasteiger charge is 2.23. The number of fused-ring (bicyclic) bond motifs is 2. The molecule has 0 fully saturated rings. The maximum absolute atomic E-state index is 12.5. The van der Waals surface area contributed by atoms with Crippen LogP contribution in [0.15, 0.2) is 68.8 Å². The highest BCUT2D eigenvalue weighted by Crippen LogP contribution is 2.44. The van der Waals surface area contributed by atoms with Crippen molar-refractivity contribution >= 4 is 38.7 Å². The fraction of sp³-hybridized carbons (Fsp3) is 0.321. The van der Waals surface area contributed by atoms with Gasteiger partial charge < -0.3 is 14.6 Å². The lowest BCUT2D eigenvalue weighted by molar-refractivity contribution is -0.777. The van der Waals surface area contributed by atoms with Crippen LogP contribution in [0.2, 0.25) is 0 Å². The molecule has 1 aliphatic carbocycles. The number of hydrogen-bond donors (Lipinski definition) is 1. The first-order valence-corrected chi connectivity index (χ1v) is 15.1. The van der Waals surface area contributed by atoms with Gasteiger partial charge in [-0.3, -0.25) is 5.04 Å². The summed E-state index contributed by atoms with van der Waals surface area (Å²) in [6, 6.07) is 16.9. The summed E-state index contributed by atoms with van der Waals surface area (Å²) in [5.74, 6) is 0.683. The minimum Gasteiger partial charge on any atom is -0.691 e. The molecule has 0 saturated heterocycles. The van der Waals surface area contributed by atoms with E-state index in [1.54, 1.807) is 6.07 Å². The molecule has 11 heteroatoms. The van der Waals surface area contributed by atoms with E-state index in [-0.39, 0.29) is 4.90 Å². The molecule has 2 aromatic carbocycles. The molecule has 2 aliphatic rings. The molecule has 1 aliphatic heterocycles.